The van der Waals surface area contributed by atoms with E-state index in [9.17, 15) is 17.6 Å². The summed E-state index contributed by atoms with van der Waals surface area (Å²) in [7, 11) is 0. The molecular formula is C24H23F4N3O. The van der Waals surface area contributed by atoms with Crippen LogP contribution < -0.4 is 10.5 Å². The summed E-state index contributed by atoms with van der Waals surface area (Å²) in [5.41, 5.74) is 7.45. The molecule has 0 saturated carbocycles. The third-order valence-corrected chi connectivity index (χ3v) is 5.53. The monoisotopic (exact) mass is 445 g/mol. The molecule has 1 aromatic heterocycles. The Balaban J connectivity index is 1.50. The molecule has 3 aromatic rings. The molecule has 1 aliphatic heterocycles. The van der Waals surface area contributed by atoms with Crippen LogP contribution in [0.4, 0.5) is 23.4 Å². The van der Waals surface area contributed by atoms with Gasteiger partial charge in [0, 0.05) is 23.9 Å². The van der Waals surface area contributed by atoms with Crippen molar-refractivity contribution in [3.8, 4) is 16.9 Å². The second kappa shape index (κ2) is 9.16. The molecular weight excluding hydrogens is 422 g/mol. The molecule has 0 aliphatic carbocycles. The third-order valence-electron chi connectivity index (χ3n) is 5.53. The molecule has 2 N–H and O–H groups in total. The standard InChI is InChI=1S/C24H23F4N3O/c25-20-8-7-18(21(12-20)24(26,27)28)15-32-22-11-19(13-30-23(22)29)17-5-3-16(4-6-17)14-31-9-1-2-10-31/h3-8,11-13H,1-2,9-10,14-15H2,(H2,29,30). The number of halogens is 4. The van der Waals surface area contributed by atoms with E-state index in [-0.39, 0.29) is 17.1 Å². The zero-order valence-corrected chi connectivity index (χ0v) is 17.3. The van der Waals surface area contributed by atoms with Crippen molar-refractivity contribution in [2.45, 2.75) is 32.2 Å². The van der Waals surface area contributed by atoms with Gasteiger partial charge in [-0.3, -0.25) is 4.90 Å². The fourth-order valence-electron chi connectivity index (χ4n) is 3.82. The molecule has 0 radical (unpaired) electrons. The fraction of sp³-hybridized carbons (Fsp3) is 0.292. The van der Waals surface area contributed by atoms with Crippen LogP contribution in [0.2, 0.25) is 0 Å². The molecule has 4 nitrogen and oxygen atoms in total. The fourth-order valence-corrected chi connectivity index (χ4v) is 3.82. The number of hydrogen-bond acceptors (Lipinski definition) is 4. The molecule has 1 saturated heterocycles. The van der Waals surface area contributed by atoms with E-state index in [0.717, 1.165) is 42.9 Å². The van der Waals surface area contributed by atoms with Crippen LogP contribution in [0.15, 0.2) is 54.7 Å². The van der Waals surface area contributed by atoms with Gasteiger partial charge >= 0.3 is 6.18 Å². The summed E-state index contributed by atoms with van der Waals surface area (Å²) in [6.45, 7) is 2.73. The molecule has 2 aromatic carbocycles. The zero-order valence-electron chi connectivity index (χ0n) is 17.3. The molecule has 0 amide bonds. The van der Waals surface area contributed by atoms with Crippen molar-refractivity contribution < 1.29 is 22.3 Å². The minimum absolute atomic E-state index is 0.0649. The number of pyridine rings is 1. The van der Waals surface area contributed by atoms with Crippen molar-refractivity contribution in [2.75, 3.05) is 18.8 Å². The van der Waals surface area contributed by atoms with E-state index < -0.39 is 24.2 Å². The number of rotatable bonds is 6. The van der Waals surface area contributed by atoms with Gasteiger partial charge in [-0.15, -0.1) is 0 Å². The maximum atomic E-state index is 13.3. The molecule has 1 aliphatic rings. The van der Waals surface area contributed by atoms with Crippen LogP contribution >= 0.6 is 0 Å². The molecule has 2 heterocycles. The van der Waals surface area contributed by atoms with Gasteiger partial charge in [0.25, 0.3) is 0 Å². The van der Waals surface area contributed by atoms with Gasteiger partial charge in [-0.1, -0.05) is 30.3 Å². The quantitative estimate of drug-likeness (QED) is 0.497. The van der Waals surface area contributed by atoms with Crippen molar-refractivity contribution in [1.29, 1.82) is 0 Å². The summed E-state index contributed by atoms with van der Waals surface area (Å²) in [4.78, 5) is 6.53. The van der Waals surface area contributed by atoms with Gasteiger partial charge in [0.1, 0.15) is 12.4 Å². The van der Waals surface area contributed by atoms with Crippen molar-refractivity contribution in [1.82, 2.24) is 9.88 Å². The number of nitrogens with two attached hydrogens (primary N) is 1. The van der Waals surface area contributed by atoms with Crippen LogP contribution in [0.5, 0.6) is 5.75 Å². The van der Waals surface area contributed by atoms with E-state index in [2.05, 4.69) is 22.0 Å². The van der Waals surface area contributed by atoms with Crippen LogP contribution in [-0.2, 0) is 19.3 Å². The van der Waals surface area contributed by atoms with Gasteiger partial charge in [0.15, 0.2) is 11.6 Å². The molecule has 4 rings (SSSR count). The number of likely N-dealkylation sites (tertiary alicyclic amines) is 1. The normalized spacial score (nSPS) is 14.6. The zero-order chi connectivity index (χ0) is 22.7. The van der Waals surface area contributed by atoms with Gasteiger partial charge in [0.05, 0.1) is 5.56 Å². The van der Waals surface area contributed by atoms with Crippen molar-refractivity contribution in [3.05, 3.63) is 77.2 Å². The number of nitrogens with zero attached hydrogens (tertiary/aromatic N) is 2. The third kappa shape index (κ3) is 5.19. The SMILES string of the molecule is Nc1ncc(-c2ccc(CN3CCCC3)cc2)cc1OCc1ccc(F)cc1C(F)(F)F. The molecule has 0 atom stereocenters. The lowest BCUT2D eigenvalue weighted by Crippen LogP contribution is -2.18. The van der Waals surface area contributed by atoms with Crippen LogP contribution in [0.1, 0.15) is 29.5 Å². The second-order valence-corrected chi connectivity index (χ2v) is 7.88. The summed E-state index contributed by atoms with van der Waals surface area (Å²) >= 11 is 0. The first-order valence-corrected chi connectivity index (χ1v) is 10.4. The van der Waals surface area contributed by atoms with E-state index in [1.54, 1.807) is 12.3 Å². The van der Waals surface area contributed by atoms with Crippen LogP contribution in [0.25, 0.3) is 11.1 Å². The Kier molecular flexibility index (Phi) is 6.32. The van der Waals surface area contributed by atoms with E-state index in [1.807, 2.05) is 12.1 Å². The average Bonchev–Trinajstić information content (AvgIpc) is 3.27. The van der Waals surface area contributed by atoms with Crippen molar-refractivity contribution in [3.63, 3.8) is 0 Å². The van der Waals surface area contributed by atoms with Crippen molar-refractivity contribution in [2.24, 2.45) is 0 Å². The number of ether oxygens (including phenoxy) is 1. The Morgan fingerprint density at radius 3 is 2.38 bits per heavy atom. The lowest BCUT2D eigenvalue weighted by Gasteiger charge is -2.16. The summed E-state index contributed by atoms with van der Waals surface area (Å²) in [6, 6.07) is 12.2. The largest absolute Gasteiger partial charge is 0.485 e. The average molecular weight is 445 g/mol. The molecule has 32 heavy (non-hydrogen) atoms. The molecule has 1 fully saturated rings. The molecule has 8 heteroatoms. The molecule has 0 unspecified atom stereocenters. The molecule has 0 bridgehead atoms. The topological polar surface area (TPSA) is 51.4 Å². The first kappa shape index (κ1) is 22.1. The summed E-state index contributed by atoms with van der Waals surface area (Å²) in [5, 5.41) is 0. The van der Waals surface area contributed by atoms with E-state index >= 15 is 0 Å². The highest BCUT2D eigenvalue weighted by atomic mass is 19.4. The van der Waals surface area contributed by atoms with Gasteiger partial charge in [0.2, 0.25) is 0 Å². The first-order valence-electron chi connectivity index (χ1n) is 10.4. The van der Waals surface area contributed by atoms with Crippen LogP contribution in [-0.4, -0.2) is 23.0 Å². The maximum absolute atomic E-state index is 13.3. The van der Waals surface area contributed by atoms with Crippen LogP contribution in [0, 0.1) is 5.82 Å². The maximum Gasteiger partial charge on any atom is 0.416 e. The Hall–Kier alpha value is -3.13. The number of hydrogen-bond donors (Lipinski definition) is 1. The number of benzene rings is 2. The highest BCUT2D eigenvalue weighted by Crippen LogP contribution is 2.34. The number of anilines is 1. The first-order chi connectivity index (χ1) is 15.3. The van der Waals surface area contributed by atoms with E-state index in [1.165, 1.54) is 18.4 Å². The minimum atomic E-state index is -4.69. The lowest BCUT2D eigenvalue weighted by atomic mass is 10.0. The smallest absolute Gasteiger partial charge is 0.416 e. The summed E-state index contributed by atoms with van der Waals surface area (Å²) in [6.07, 6.45) is -0.624. The summed E-state index contributed by atoms with van der Waals surface area (Å²) < 4.78 is 58.5. The predicted molar refractivity (Wildman–Crippen MR) is 114 cm³/mol. The Morgan fingerprint density at radius 1 is 0.969 bits per heavy atom. The minimum Gasteiger partial charge on any atom is -0.485 e. The molecule has 168 valence electrons. The predicted octanol–water partition coefficient (Wildman–Crippen LogP) is 5.66. The van der Waals surface area contributed by atoms with Crippen LogP contribution in [0.3, 0.4) is 0 Å². The van der Waals surface area contributed by atoms with Gasteiger partial charge in [-0.2, -0.15) is 13.2 Å². The van der Waals surface area contributed by atoms with Gasteiger partial charge in [-0.25, -0.2) is 9.37 Å². The highest BCUT2D eigenvalue weighted by Gasteiger charge is 2.34. The number of alkyl halides is 3. The van der Waals surface area contributed by atoms with E-state index in [0.29, 0.717) is 6.07 Å². The summed E-state index contributed by atoms with van der Waals surface area (Å²) in [5.74, 6) is -0.728. The van der Waals surface area contributed by atoms with Gasteiger partial charge < -0.3 is 10.5 Å². The van der Waals surface area contributed by atoms with Gasteiger partial charge in [-0.05, 0) is 55.3 Å². The lowest BCUT2D eigenvalue weighted by molar-refractivity contribution is -0.138. The van der Waals surface area contributed by atoms with Crippen molar-refractivity contribution >= 4 is 5.82 Å². The number of nitrogen functional groups attached to an aromatic ring is 1. The Labute approximate surface area is 183 Å². The Bertz CT molecular complexity index is 1080. The highest BCUT2D eigenvalue weighted by molar-refractivity contribution is 5.67. The van der Waals surface area contributed by atoms with E-state index in [4.69, 9.17) is 10.5 Å². The Morgan fingerprint density at radius 2 is 1.69 bits per heavy atom. The number of aromatic nitrogens is 1. The second-order valence-electron chi connectivity index (χ2n) is 7.88. The molecule has 0 spiro atoms.